The van der Waals surface area contributed by atoms with Crippen LogP contribution in [-0.2, 0) is 0 Å². The van der Waals surface area contributed by atoms with E-state index in [2.05, 4.69) is 20.6 Å². The SMILES string of the molecule is Cc1cccc(Nc2nc(C)cc(C(=O)Nc3ccc4c(c3)OCO4)n2)c1. The van der Waals surface area contributed by atoms with E-state index in [1.54, 1.807) is 24.3 Å². The number of carbonyl (C=O) groups excluding carboxylic acids is 1. The van der Waals surface area contributed by atoms with Gasteiger partial charge in [0.1, 0.15) is 5.69 Å². The maximum atomic E-state index is 12.6. The van der Waals surface area contributed by atoms with Crippen LogP contribution in [0.15, 0.2) is 48.5 Å². The Hall–Kier alpha value is -3.61. The Morgan fingerprint density at radius 1 is 0.963 bits per heavy atom. The fourth-order valence-corrected chi connectivity index (χ4v) is 2.76. The lowest BCUT2D eigenvalue weighted by Crippen LogP contribution is -2.15. The first-order valence-corrected chi connectivity index (χ1v) is 8.47. The molecule has 27 heavy (non-hydrogen) atoms. The number of nitrogens with one attached hydrogen (secondary N) is 2. The fourth-order valence-electron chi connectivity index (χ4n) is 2.76. The quantitative estimate of drug-likeness (QED) is 0.734. The molecule has 4 rings (SSSR count). The first-order chi connectivity index (χ1) is 13.1. The largest absolute Gasteiger partial charge is 0.454 e. The molecule has 1 amide bonds. The van der Waals surface area contributed by atoms with Crippen LogP contribution in [0, 0.1) is 13.8 Å². The smallest absolute Gasteiger partial charge is 0.274 e. The molecule has 0 fully saturated rings. The summed E-state index contributed by atoms with van der Waals surface area (Å²) < 4.78 is 10.6. The number of fused-ring (bicyclic) bond motifs is 1. The highest BCUT2D eigenvalue weighted by atomic mass is 16.7. The zero-order valence-electron chi connectivity index (χ0n) is 14.9. The van der Waals surface area contributed by atoms with E-state index in [-0.39, 0.29) is 18.4 Å². The lowest BCUT2D eigenvalue weighted by atomic mass is 10.2. The van der Waals surface area contributed by atoms with Gasteiger partial charge in [0.2, 0.25) is 12.7 Å². The molecule has 0 spiro atoms. The van der Waals surface area contributed by atoms with Gasteiger partial charge in [0.05, 0.1) is 0 Å². The maximum absolute atomic E-state index is 12.6. The van der Waals surface area contributed by atoms with Gasteiger partial charge in [-0.25, -0.2) is 9.97 Å². The van der Waals surface area contributed by atoms with Gasteiger partial charge >= 0.3 is 0 Å². The van der Waals surface area contributed by atoms with Crippen molar-refractivity contribution in [1.82, 2.24) is 9.97 Å². The van der Waals surface area contributed by atoms with E-state index in [1.165, 1.54) is 0 Å². The Bertz CT molecular complexity index is 1020. The van der Waals surface area contributed by atoms with E-state index in [9.17, 15) is 4.79 Å². The van der Waals surface area contributed by atoms with Crippen molar-refractivity contribution >= 4 is 23.2 Å². The van der Waals surface area contributed by atoms with Crippen LogP contribution in [0.1, 0.15) is 21.7 Å². The van der Waals surface area contributed by atoms with Crippen LogP contribution in [0.5, 0.6) is 11.5 Å². The molecule has 3 aromatic rings. The summed E-state index contributed by atoms with van der Waals surface area (Å²) in [5.74, 6) is 1.31. The monoisotopic (exact) mass is 362 g/mol. The summed E-state index contributed by atoms with van der Waals surface area (Å²) in [6, 6.07) is 14.7. The lowest BCUT2D eigenvalue weighted by molar-refractivity contribution is 0.102. The molecule has 0 unspecified atom stereocenters. The zero-order chi connectivity index (χ0) is 18.8. The van der Waals surface area contributed by atoms with Gasteiger partial charge in [0.25, 0.3) is 5.91 Å². The molecule has 0 aliphatic carbocycles. The second kappa shape index (κ2) is 6.95. The van der Waals surface area contributed by atoms with Gasteiger partial charge in [0.15, 0.2) is 11.5 Å². The third kappa shape index (κ3) is 3.82. The van der Waals surface area contributed by atoms with Crippen LogP contribution in [0.4, 0.5) is 17.3 Å². The second-order valence-electron chi connectivity index (χ2n) is 6.23. The lowest BCUT2D eigenvalue weighted by Gasteiger charge is -2.10. The van der Waals surface area contributed by atoms with Gasteiger partial charge in [-0.1, -0.05) is 12.1 Å². The summed E-state index contributed by atoms with van der Waals surface area (Å²) >= 11 is 0. The van der Waals surface area contributed by atoms with Crippen molar-refractivity contribution < 1.29 is 14.3 Å². The minimum atomic E-state index is -0.327. The highest BCUT2D eigenvalue weighted by molar-refractivity contribution is 6.03. The third-order valence-corrected chi connectivity index (χ3v) is 3.99. The van der Waals surface area contributed by atoms with Crippen LogP contribution >= 0.6 is 0 Å². The van der Waals surface area contributed by atoms with Crippen molar-refractivity contribution in [3.63, 3.8) is 0 Å². The van der Waals surface area contributed by atoms with Gasteiger partial charge in [-0.15, -0.1) is 0 Å². The van der Waals surface area contributed by atoms with Crippen LogP contribution in [-0.4, -0.2) is 22.7 Å². The number of hydrogen-bond acceptors (Lipinski definition) is 6. The molecule has 7 nitrogen and oxygen atoms in total. The average Bonchev–Trinajstić information content (AvgIpc) is 3.09. The number of nitrogens with zero attached hydrogens (tertiary/aromatic N) is 2. The van der Waals surface area contributed by atoms with E-state index in [4.69, 9.17) is 9.47 Å². The zero-order valence-corrected chi connectivity index (χ0v) is 14.9. The van der Waals surface area contributed by atoms with Gasteiger partial charge in [-0.2, -0.15) is 0 Å². The highest BCUT2D eigenvalue weighted by Crippen LogP contribution is 2.34. The van der Waals surface area contributed by atoms with Gasteiger partial charge in [-0.05, 0) is 49.7 Å². The number of anilines is 3. The Morgan fingerprint density at radius 2 is 1.81 bits per heavy atom. The van der Waals surface area contributed by atoms with Crippen LogP contribution < -0.4 is 20.1 Å². The number of aryl methyl sites for hydroxylation is 2. The third-order valence-electron chi connectivity index (χ3n) is 3.99. The summed E-state index contributed by atoms with van der Waals surface area (Å²) in [6.07, 6.45) is 0. The Kier molecular flexibility index (Phi) is 4.33. The number of ether oxygens (including phenoxy) is 2. The summed E-state index contributed by atoms with van der Waals surface area (Å²) in [7, 11) is 0. The predicted molar refractivity (Wildman–Crippen MR) is 102 cm³/mol. The number of aromatic nitrogens is 2. The van der Waals surface area contributed by atoms with Crippen molar-refractivity contribution in [2.24, 2.45) is 0 Å². The summed E-state index contributed by atoms with van der Waals surface area (Å²) in [4.78, 5) is 21.3. The molecule has 0 bridgehead atoms. The molecule has 0 atom stereocenters. The molecule has 2 N–H and O–H groups in total. The maximum Gasteiger partial charge on any atom is 0.274 e. The minimum Gasteiger partial charge on any atom is -0.454 e. The number of benzene rings is 2. The first kappa shape index (κ1) is 16.8. The second-order valence-corrected chi connectivity index (χ2v) is 6.23. The summed E-state index contributed by atoms with van der Waals surface area (Å²) in [6.45, 7) is 4.01. The number of carbonyl (C=O) groups is 1. The molecule has 136 valence electrons. The predicted octanol–water partition coefficient (Wildman–Crippen LogP) is 3.82. The van der Waals surface area contributed by atoms with Crippen molar-refractivity contribution in [3.8, 4) is 11.5 Å². The van der Waals surface area contributed by atoms with Crippen molar-refractivity contribution in [2.75, 3.05) is 17.4 Å². The van der Waals surface area contributed by atoms with Crippen LogP contribution in [0.2, 0.25) is 0 Å². The normalized spacial score (nSPS) is 11.9. The molecule has 1 aromatic heterocycles. The first-order valence-electron chi connectivity index (χ1n) is 8.47. The highest BCUT2D eigenvalue weighted by Gasteiger charge is 2.16. The van der Waals surface area contributed by atoms with Crippen molar-refractivity contribution in [1.29, 1.82) is 0 Å². The number of rotatable bonds is 4. The van der Waals surface area contributed by atoms with Gasteiger partial charge in [0, 0.05) is 23.1 Å². The standard InChI is InChI=1S/C20H18N4O3/c1-12-4-3-5-14(8-12)23-20-21-13(2)9-16(24-20)19(25)22-15-6-7-17-18(10-15)27-11-26-17/h3-10H,11H2,1-2H3,(H,22,25)(H,21,23,24). The number of amides is 1. The molecular weight excluding hydrogens is 344 g/mol. The molecule has 2 aromatic carbocycles. The van der Waals surface area contributed by atoms with Crippen LogP contribution in [0.3, 0.4) is 0 Å². The molecular formula is C20H18N4O3. The topological polar surface area (TPSA) is 85.4 Å². The molecule has 7 heteroatoms. The summed E-state index contributed by atoms with van der Waals surface area (Å²) in [5, 5.41) is 5.96. The van der Waals surface area contributed by atoms with Crippen molar-refractivity contribution in [2.45, 2.75) is 13.8 Å². The molecule has 0 saturated carbocycles. The van der Waals surface area contributed by atoms with E-state index < -0.39 is 0 Å². The van der Waals surface area contributed by atoms with Crippen molar-refractivity contribution in [3.05, 3.63) is 65.5 Å². The Labute approximate surface area is 156 Å². The molecule has 0 saturated heterocycles. The van der Waals surface area contributed by atoms with Crippen LogP contribution in [0.25, 0.3) is 0 Å². The average molecular weight is 362 g/mol. The van der Waals surface area contributed by atoms with E-state index in [0.717, 1.165) is 11.3 Å². The van der Waals surface area contributed by atoms with E-state index >= 15 is 0 Å². The summed E-state index contributed by atoms with van der Waals surface area (Å²) in [5.41, 5.74) is 3.55. The van der Waals surface area contributed by atoms with E-state index in [1.807, 2.05) is 38.1 Å². The number of hydrogen-bond donors (Lipinski definition) is 2. The minimum absolute atomic E-state index is 0.186. The molecule has 1 aliphatic rings. The Morgan fingerprint density at radius 3 is 2.67 bits per heavy atom. The molecule has 2 heterocycles. The fraction of sp³-hybridized carbons (Fsp3) is 0.150. The van der Waals surface area contributed by atoms with Gasteiger partial charge in [-0.3, -0.25) is 4.79 Å². The van der Waals surface area contributed by atoms with Gasteiger partial charge < -0.3 is 20.1 Å². The molecule has 1 aliphatic heterocycles. The molecule has 0 radical (unpaired) electrons. The Balaban J connectivity index is 1.54. The van der Waals surface area contributed by atoms with E-state index in [0.29, 0.717) is 28.8 Å².